The van der Waals surface area contributed by atoms with Crippen molar-refractivity contribution in [3.8, 4) is 5.75 Å². The van der Waals surface area contributed by atoms with Gasteiger partial charge >= 0.3 is 12.1 Å². The number of carbonyl (C=O) groups is 3. The van der Waals surface area contributed by atoms with Crippen LogP contribution in [-0.2, 0) is 16.1 Å². The largest absolute Gasteiger partial charge is 0.497 e. The van der Waals surface area contributed by atoms with Crippen LogP contribution in [0.2, 0.25) is 0 Å². The van der Waals surface area contributed by atoms with Gasteiger partial charge in [0.2, 0.25) is 5.91 Å². The molecule has 0 atom stereocenters. The number of ether oxygens (including phenoxy) is 1. The van der Waals surface area contributed by atoms with E-state index in [1.807, 2.05) is 60.4 Å². The molecule has 0 spiro atoms. The average molecular weight is 510 g/mol. The van der Waals surface area contributed by atoms with Crippen LogP contribution in [0.15, 0.2) is 48.5 Å². The number of nitrogens with one attached hydrogen (secondary N) is 1. The fraction of sp³-hybridized carbons (Fsp3) is 0.400. The highest BCUT2D eigenvalue weighted by Crippen LogP contribution is 2.17. The molecule has 196 valence electrons. The number of aliphatic carboxylic acids is 1. The van der Waals surface area contributed by atoms with Gasteiger partial charge in [-0.2, -0.15) is 13.2 Å². The molecule has 0 radical (unpaired) electrons. The zero-order chi connectivity index (χ0) is 26.7. The number of methoxy groups -OCH3 is 1. The maximum absolute atomic E-state index is 13.2. The standard InChI is InChI=1S/C23H29N3O3.C2HF3O2/c1-18-6-8-20(9-7-18)23(28)26(17-19-4-3-5-21(16-19)29-2)13-10-22(27)25-14-11-24-12-15-25;3-2(4,5)1(6)7/h3-9,16,24H,10-15,17H2,1-2H3;(H,6,7). The van der Waals surface area contributed by atoms with Crippen molar-refractivity contribution in [1.82, 2.24) is 15.1 Å². The molecule has 0 bridgehead atoms. The molecular formula is C25H30F3N3O5. The highest BCUT2D eigenvalue weighted by molar-refractivity contribution is 5.94. The second-order valence-electron chi connectivity index (χ2n) is 8.13. The van der Waals surface area contributed by atoms with Crippen LogP contribution in [0.25, 0.3) is 0 Å². The van der Waals surface area contributed by atoms with Crippen LogP contribution in [0.3, 0.4) is 0 Å². The van der Waals surface area contributed by atoms with Crippen molar-refractivity contribution in [1.29, 1.82) is 0 Å². The molecule has 36 heavy (non-hydrogen) atoms. The lowest BCUT2D eigenvalue weighted by Crippen LogP contribution is -2.47. The third-order valence-electron chi connectivity index (χ3n) is 5.40. The van der Waals surface area contributed by atoms with Gasteiger partial charge < -0.3 is 25.0 Å². The average Bonchev–Trinajstić information content (AvgIpc) is 2.86. The SMILES string of the molecule is COc1cccc(CN(CCC(=O)N2CCNCC2)C(=O)c2ccc(C)cc2)c1.O=C(O)C(F)(F)F. The lowest BCUT2D eigenvalue weighted by atomic mass is 10.1. The van der Waals surface area contributed by atoms with Gasteiger partial charge in [0.1, 0.15) is 5.75 Å². The van der Waals surface area contributed by atoms with Gasteiger partial charge in [-0.3, -0.25) is 9.59 Å². The number of aryl methyl sites for hydroxylation is 1. The number of benzene rings is 2. The Balaban J connectivity index is 0.000000572. The van der Waals surface area contributed by atoms with Crippen molar-refractivity contribution in [2.45, 2.75) is 26.1 Å². The van der Waals surface area contributed by atoms with Crippen molar-refractivity contribution in [3.05, 3.63) is 65.2 Å². The number of carboxylic acids is 1. The molecule has 0 unspecified atom stereocenters. The van der Waals surface area contributed by atoms with E-state index in [-0.39, 0.29) is 11.8 Å². The first-order valence-corrected chi connectivity index (χ1v) is 11.3. The Hall–Kier alpha value is -3.60. The summed E-state index contributed by atoms with van der Waals surface area (Å²) in [6.45, 7) is 5.89. The van der Waals surface area contributed by atoms with E-state index in [1.165, 1.54) is 0 Å². The minimum atomic E-state index is -5.08. The number of carboxylic acid groups (broad SMARTS) is 1. The first-order valence-electron chi connectivity index (χ1n) is 11.3. The first kappa shape index (κ1) is 28.6. The topological polar surface area (TPSA) is 99.2 Å². The fourth-order valence-electron chi connectivity index (χ4n) is 3.43. The predicted octanol–water partition coefficient (Wildman–Crippen LogP) is 3.10. The van der Waals surface area contributed by atoms with Crippen LogP contribution in [0.5, 0.6) is 5.75 Å². The molecule has 1 fully saturated rings. The lowest BCUT2D eigenvalue weighted by molar-refractivity contribution is -0.192. The molecule has 1 saturated heterocycles. The molecule has 2 N–H and O–H groups in total. The summed E-state index contributed by atoms with van der Waals surface area (Å²) < 4.78 is 37.0. The van der Waals surface area contributed by atoms with E-state index in [0.717, 1.165) is 43.1 Å². The molecule has 2 aromatic carbocycles. The molecule has 3 rings (SSSR count). The van der Waals surface area contributed by atoms with Gasteiger partial charge in [0.25, 0.3) is 5.91 Å². The maximum atomic E-state index is 13.2. The van der Waals surface area contributed by atoms with Gasteiger partial charge in [-0.05, 0) is 36.8 Å². The molecular weight excluding hydrogens is 479 g/mol. The summed E-state index contributed by atoms with van der Waals surface area (Å²) in [7, 11) is 1.63. The van der Waals surface area contributed by atoms with Gasteiger partial charge in [0.05, 0.1) is 7.11 Å². The van der Waals surface area contributed by atoms with Crippen molar-refractivity contribution in [2.75, 3.05) is 39.8 Å². The molecule has 0 aliphatic carbocycles. The number of hydrogen-bond donors (Lipinski definition) is 2. The maximum Gasteiger partial charge on any atom is 0.490 e. The Labute approximate surface area is 207 Å². The third kappa shape index (κ3) is 9.21. The zero-order valence-corrected chi connectivity index (χ0v) is 20.2. The van der Waals surface area contributed by atoms with Crippen LogP contribution in [0, 0.1) is 6.92 Å². The summed E-state index contributed by atoms with van der Waals surface area (Å²) in [4.78, 5) is 38.3. The Bertz CT molecular complexity index is 1020. The van der Waals surface area contributed by atoms with Crippen LogP contribution in [-0.4, -0.2) is 78.7 Å². The summed E-state index contributed by atoms with van der Waals surface area (Å²) in [5, 5.41) is 10.4. The molecule has 0 saturated carbocycles. The van der Waals surface area contributed by atoms with Crippen LogP contribution in [0.4, 0.5) is 13.2 Å². The molecule has 2 amide bonds. The molecule has 2 aromatic rings. The highest BCUT2D eigenvalue weighted by Gasteiger charge is 2.38. The molecule has 0 aromatic heterocycles. The van der Waals surface area contributed by atoms with Gasteiger partial charge in [0.15, 0.2) is 0 Å². The quantitative estimate of drug-likeness (QED) is 0.595. The molecule has 1 aliphatic heterocycles. The Kier molecular flexibility index (Phi) is 10.7. The van der Waals surface area contributed by atoms with E-state index in [9.17, 15) is 22.8 Å². The van der Waals surface area contributed by atoms with Gasteiger partial charge in [-0.25, -0.2) is 4.79 Å². The van der Waals surface area contributed by atoms with Crippen molar-refractivity contribution in [2.24, 2.45) is 0 Å². The Morgan fingerprint density at radius 1 is 1.08 bits per heavy atom. The van der Waals surface area contributed by atoms with E-state index in [1.54, 1.807) is 12.0 Å². The number of carbonyl (C=O) groups excluding carboxylic acids is 2. The van der Waals surface area contributed by atoms with E-state index in [0.29, 0.717) is 25.1 Å². The third-order valence-corrected chi connectivity index (χ3v) is 5.40. The second-order valence-corrected chi connectivity index (χ2v) is 8.13. The van der Waals surface area contributed by atoms with E-state index >= 15 is 0 Å². The first-order chi connectivity index (χ1) is 17.0. The number of rotatable bonds is 7. The van der Waals surface area contributed by atoms with Crippen LogP contribution < -0.4 is 10.1 Å². The van der Waals surface area contributed by atoms with E-state index in [2.05, 4.69) is 5.32 Å². The number of nitrogens with zero attached hydrogens (tertiary/aromatic N) is 2. The number of hydrogen-bond acceptors (Lipinski definition) is 5. The number of alkyl halides is 3. The summed E-state index contributed by atoms with van der Waals surface area (Å²) in [5.41, 5.74) is 2.71. The number of amides is 2. The number of halogens is 3. The van der Waals surface area contributed by atoms with E-state index in [4.69, 9.17) is 14.6 Å². The monoisotopic (exact) mass is 509 g/mol. The lowest BCUT2D eigenvalue weighted by Gasteiger charge is -2.29. The van der Waals surface area contributed by atoms with Gasteiger partial charge in [-0.15, -0.1) is 0 Å². The number of piperazine rings is 1. The van der Waals surface area contributed by atoms with Gasteiger partial charge in [-0.1, -0.05) is 29.8 Å². The normalized spacial score (nSPS) is 13.3. The van der Waals surface area contributed by atoms with Gasteiger partial charge in [0, 0.05) is 51.3 Å². The van der Waals surface area contributed by atoms with Crippen molar-refractivity contribution < 1.29 is 37.4 Å². The second kappa shape index (κ2) is 13.5. The highest BCUT2D eigenvalue weighted by atomic mass is 19.4. The van der Waals surface area contributed by atoms with Crippen LogP contribution >= 0.6 is 0 Å². The zero-order valence-electron chi connectivity index (χ0n) is 20.2. The predicted molar refractivity (Wildman–Crippen MR) is 127 cm³/mol. The summed E-state index contributed by atoms with van der Waals surface area (Å²) in [6.07, 6.45) is -4.76. The van der Waals surface area contributed by atoms with E-state index < -0.39 is 12.1 Å². The smallest absolute Gasteiger partial charge is 0.490 e. The Morgan fingerprint density at radius 3 is 2.25 bits per heavy atom. The molecule has 1 heterocycles. The summed E-state index contributed by atoms with van der Waals surface area (Å²) in [6, 6.07) is 15.2. The van der Waals surface area contributed by atoms with Crippen molar-refractivity contribution >= 4 is 17.8 Å². The molecule has 11 heteroatoms. The Morgan fingerprint density at radius 2 is 1.69 bits per heavy atom. The summed E-state index contributed by atoms with van der Waals surface area (Å²) >= 11 is 0. The minimum Gasteiger partial charge on any atom is -0.497 e. The minimum absolute atomic E-state index is 0.0686. The fourth-order valence-corrected chi connectivity index (χ4v) is 3.43. The summed E-state index contributed by atoms with van der Waals surface area (Å²) in [5.74, 6) is -1.98. The molecule has 1 aliphatic rings. The molecule has 8 nitrogen and oxygen atoms in total. The van der Waals surface area contributed by atoms with Crippen LogP contribution in [0.1, 0.15) is 27.9 Å². The van der Waals surface area contributed by atoms with Crippen molar-refractivity contribution in [3.63, 3.8) is 0 Å².